The lowest BCUT2D eigenvalue weighted by atomic mass is 9.99. The van der Waals surface area contributed by atoms with E-state index < -0.39 is 0 Å². The van der Waals surface area contributed by atoms with E-state index in [9.17, 15) is 0 Å². The molecule has 3 heteroatoms. The van der Waals surface area contributed by atoms with Crippen LogP contribution in [0, 0.1) is 0 Å². The molecule has 0 aliphatic carbocycles. The monoisotopic (exact) mass is 550 g/mol. The SMILES string of the molecule is c1ccc(N(c2ccccc2)c2ccc3c(c2)c2c4c5ccccc5oc4c4ccccc4c2n3-c2ccccc2)cc1. The van der Waals surface area contributed by atoms with E-state index >= 15 is 0 Å². The van der Waals surface area contributed by atoms with Crippen molar-refractivity contribution in [2.45, 2.75) is 0 Å². The Morgan fingerprint density at radius 3 is 1.72 bits per heavy atom. The summed E-state index contributed by atoms with van der Waals surface area (Å²) < 4.78 is 9.06. The second kappa shape index (κ2) is 9.37. The van der Waals surface area contributed by atoms with Crippen LogP contribution in [0.4, 0.5) is 17.1 Å². The number of para-hydroxylation sites is 4. The minimum absolute atomic E-state index is 0.905. The van der Waals surface area contributed by atoms with E-state index in [4.69, 9.17) is 4.42 Å². The fourth-order valence-electron chi connectivity index (χ4n) is 6.74. The molecule has 0 spiro atoms. The van der Waals surface area contributed by atoms with Gasteiger partial charge in [0.1, 0.15) is 11.2 Å². The third-order valence-corrected chi connectivity index (χ3v) is 8.52. The van der Waals surface area contributed by atoms with Crippen LogP contribution in [0.25, 0.3) is 60.2 Å². The molecular formula is C40H26N2O. The lowest BCUT2D eigenvalue weighted by molar-refractivity contribution is 0.673. The first-order valence-electron chi connectivity index (χ1n) is 14.6. The van der Waals surface area contributed by atoms with Gasteiger partial charge in [-0.05, 0) is 60.7 Å². The molecule has 2 aromatic heterocycles. The van der Waals surface area contributed by atoms with Crippen LogP contribution < -0.4 is 4.90 Å². The van der Waals surface area contributed by atoms with Crippen LogP contribution in [0.15, 0.2) is 162 Å². The van der Waals surface area contributed by atoms with Crippen LogP contribution in [0.2, 0.25) is 0 Å². The van der Waals surface area contributed by atoms with Gasteiger partial charge < -0.3 is 13.9 Å². The maximum absolute atomic E-state index is 6.63. The van der Waals surface area contributed by atoms with Crippen molar-refractivity contribution in [2.75, 3.05) is 4.90 Å². The van der Waals surface area contributed by atoms with Gasteiger partial charge in [-0.25, -0.2) is 0 Å². The Labute approximate surface area is 248 Å². The van der Waals surface area contributed by atoms with Crippen molar-refractivity contribution >= 4 is 71.6 Å². The molecule has 0 fully saturated rings. The van der Waals surface area contributed by atoms with E-state index in [1.165, 1.54) is 21.7 Å². The van der Waals surface area contributed by atoms with Gasteiger partial charge in [0.05, 0.1) is 11.0 Å². The van der Waals surface area contributed by atoms with Gasteiger partial charge in [0.25, 0.3) is 0 Å². The van der Waals surface area contributed by atoms with Crippen LogP contribution >= 0.6 is 0 Å². The van der Waals surface area contributed by atoms with E-state index in [-0.39, 0.29) is 0 Å². The number of benzene rings is 7. The molecule has 202 valence electrons. The summed E-state index contributed by atoms with van der Waals surface area (Å²) in [5.74, 6) is 0. The summed E-state index contributed by atoms with van der Waals surface area (Å²) in [5.41, 5.74) is 8.66. The van der Waals surface area contributed by atoms with E-state index in [1.807, 2.05) is 6.07 Å². The van der Waals surface area contributed by atoms with Gasteiger partial charge >= 0.3 is 0 Å². The standard InChI is InChI=1S/C40H26N2O/c1-4-14-27(15-5-1)41(28-16-6-2-7-17-28)30-24-25-35-34(26-30)37-38-33-22-12-13-23-36(33)43-40(38)32-21-11-10-20-31(32)39(37)42(35)29-18-8-3-9-19-29/h1-26H. The van der Waals surface area contributed by atoms with Gasteiger partial charge in [-0.2, -0.15) is 0 Å². The maximum atomic E-state index is 6.63. The zero-order valence-electron chi connectivity index (χ0n) is 23.3. The number of rotatable bonds is 4. The Bertz CT molecular complexity index is 2400. The van der Waals surface area contributed by atoms with Gasteiger partial charge in [0.15, 0.2) is 0 Å². The van der Waals surface area contributed by atoms with E-state index in [0.717, 1.165) is 55.6 Å². The number of aromatic nitrogens is 1. The summed E-state index contributed by atoms with van der Waals surface area (Å²) in [5, 5.41) is 6.99. The molecule has 0 aliphatic rings. The summed E-state index contributed by atoms with van der Waals surface area (Å²) >= 11 is 0. The average Bonchev–Trinajstić information content (AvgIpc) is 3.63. The molecule has 0 atom stereocenters. The van der Waals surface area contributed by atoms with Gasteiger partial charge in [0, 0.05) is 55.1 Å². The van der Waals surface area contributed by atoms with Crippen molar-refractivity contribution in [3.8, 4) is 5.69 Å². The highest BCUT2D eigenvalue weighted by Gasteiger charge is 2.24. The highest BCUT2D eigenvalue weighted by atomic mass is 16.3. The molecule has 0 saturated carbocycles. The zero-order chi connectivity index (χ0) is 28.3. The highest BCUT2D eigenvalue weighted by Crippen LogP contribution is 2.47. The first-order valence-corrected chi connectivity index (χ1v) is 14.6. The molecule has 9 aromatic rings. The largest absolute Gasteiger partial charge is 0.455 e. The number of fused-ring (bicyclic) bond motifs is 10. The molecule has 0 unspecified atom stereocenters. The number of anilines is 3. The fourth-order valence-corrected chi connectivity index (χ4v) is 6.74. The molecule has 9 rings (SSSR count). The second-order valence-corrected chi connectivity index (χ2v) is 11.0. The molecule has 0 saturated heterocycles. The normalized spacial score (nSPS) is 11.7. The Morgan fingerprint density at radius 2 is 1.02 bits per heavy atom. The van der Waals surface area contributed by atoms with Crippen LogP contribution in [0.3, 0.4) is 0 Å². The van der Waals surface area contributed by atoms with E-state index in [0.29, 0.717) is 0 Å². The highest BCUT2D eigenvalue weighted by molar-refractivity contribution is 6.36. The third kappa shape index (κ3) is 3.55. The van der Waals surface area contributed by atoms with E-state index in [2.05, 4.69) is 161 Å². The van der Waals surface area contributed by atoms with E-state index in [1.54, 1.807) is 0 Å². The molecule has 0 radical (unpaired) electrons. The zero-order valence-corrected chi connectivity index (χ0v) is 23.3. The summed E-state index contributed by atoms with van der Waals surface area (Å²) in [4.78, 5) is 2.33. The van der Waals surface area contributed by atoms with Crippen LogP contribution in [-0.2, 0) is 0 Å². The van der Waals surface area contributed by atoms with Crippen molar-refractivity contribution in [3.05, 3.63) is 158 Å². The summed E-state index contributed by atoms with van der Waals surface area (Å²) in [6.07, 6.45) is 0. The third-order valence-electron chi connectivity index (χ3n) is 8.52. The molecule has 2 heterocycles. The smallest absolute Gasteiger partial charge is 0.144 e. The Hall–Kier alpha value is -5.80. The van der Waals surface area contributed by atoms with Crippen molar-refractivity contribution in [1.29, 1.82) is 0 Å². The number of hydrogen-bond acceptors (Lipinski definition) is 2. The Morgan fingerprint density at radius 1 is 0.442 bits per heavy atom. The predicted octanol–water partition coefficient (Wildman–Crippen LogP) is 11.3. The molecule has 43 heavy (non-hydrogen) atoms. The van der Waals surface area contributed by atoms with Crippen molar-refractivity contribution in [3.63, 3.8) is 0 Å². The number of nitrogens with zero attached hydrogens (tertiary/aromatic N) is 2. The first kappa shape index (κ1) is 23.9. The number of furan rings is 1. The van der Waals surface area contributed by atoms with Crippen molar-refractivity contribution in [1.82, 2.24) is 4.57 Å². The first-order chi connectivity index (χ1) is 21.4. The summed E-state index contributed by atoms with van der Waals surface area (Å²) in [7, 11) is 0. The van der Waals surface area contributed by atoms with Crippen molar-refractivity contribution < 1.29 is 4.42 Å². The molecule has 0 amide bonds. The van der Waals surface area contributed by atoms with Gasteiger partial charge in [-0.3, -0.25) is 0 Å². The van der Waals surface area contributed by atoms with Gasteiger partial charge in [-0.15, -0.1) is 0 Å². The van der Waals surface area contributed by atoms with Crippen molar-refractivity contribution in [2.24, 2.45) is 0 Å². The molecule has 7 aromatic carbocycles. The van der Waals surface area contributed by atoms with Crippen LogP contribution in [0.1, 0.15) is 0 Å². The Balaban J connectivity index is 1.49. The topological polar surface area (TPSA) is 21.3 Å². The fraction of sp³-hybridized carbons (Fsp3) is 0. The second-order valence-electron chi connectivity index (χ2n) is 11.0. The summed E-state index contributed by atoms with van der Waals surface area (Å²) in [6, 6.07) is 55.8. The van der Waals surface area contributed by atoms with Gasteiger partial charge in [0.2, 0.25) is 0 Å². The molecular weight excluding hydrogens is 524 g/mol. The molecule has 0 bridgehead atoms. The number of hydrogen-bond donors (Lipinski definition) is 0. The minimum atomic E-state index is 0.905. The maximum Gasteiger partial charge on any atom is 0.144 e. The lowest BCUT2D eigenvalue weighted by Gasteiger charge is -2.25. The van der Waals surface area contributed by atoms with Gasteiger partial charge in [-0.1, -0.05) is 97.1 Å². The molecule has 0 aliphatic heterocycles. The average molecular weight is 551 g/mol. The predicted molar refractivity (Wildman–Crippen MR) is 180 cm³/mol. The molecule has 3 nitrogen and oxygen atoms in total. The van der Waals surface area contributed by atoms with Crippen LogP contribution in [-0.4, -0.2) is 4.57 Å². The summed E-state index contributed by atoms with van der Waals surface area (Å²) in [6.45, 7) is 0. The Kier molecular flexibility index (Phi) is 5.20. The minimum Gasteiger partial charge on any atom is -0.455 e. The van der Waals surface area contributed by atoms with Crippen LogP contribution in [0.5, 0.6) is 0 Å². The molecule has 0 N–H and O–H groups in total. The lowest BCUT2D eigenvalue weighted by Crippen LogP contribution is -2.09. The quantitative estimate of drug-likeness (QED) is 0.217.